The number of rotatable bonds is 5. The van der Waals surface area contributed by atoms with Gasteiger partial charge in [0.1, 0.15) is 0 Å². The van der Waals surface area contributed by atoms with E-state index in [2.05, 4.69) is 23.2 Å². The van der Waals surface area contributed by atoms with Crippen LogP contribution in [-0.4, -0.2) is 58.2 Å². The molecule has 1 aromatic rings. The van der Waals surface area contributed by atoms with Crippen LogP contribution in [0.4, 0.5) is 0 Å². The molecule has 1 amide bonds. The van der Waals surface area contributed by atoms with Gasteiger partial charge in [-0.05, 0) is 44.8 Å². The summed E-state index contributed by atoms with van der Waals surface area (Å²) in [6, 6.07) is 0.625. The third-order valence-corrected chi connectivity index (χ3v) is 4.27. The van der Waals surface area contributed by atoms with Gasteiger partial charge in [-0.1, -0.05) is 0 Å². The minimum atomic E-state index is 0.211. The Bertz CT molecular complexity index is 435. The van der Waals surface area contributed by atoms with Crippen molar-refractivity contribution >= 4 is 5.91 Å². The summed E-state index contributed by atoms with van der Waals surface area (Å²) in [5.41, 5.74) is 1.31. The molecule has 1 aliphatic rings. The summed E-state index contributed by atoms with van der Waals surface area (Å²) in [5, 5.41) is 4.19. The zero-order valence-electron chi connectivity index (χ0n) is 12.9. The number of hydrogen-bond donors (Lipinski definition) is 0. The predicted octanol–water partition coefficient (Wildman–Crippen LogP) is 1.30. The number of piperidine rings is 1. The lowest BCUT2D eigenvalue weighted by Gasteiger charge is -2.36. The highest BCUT2D eigenvalue weighted by molar-refractivity contribution is 5.73. The van der Waals surface area contributed by atoms with Gasteiger partial charge in [0.25, 0.3) is 0 Å². The van der Waals surface area contributed by atoms with E-state index < -0.39 is 0 Å². The minimum Gasteiger partial charge on any atom is -0.343 e. The molecule has 20 heavy (non-hydrogen) atoms. The second-order valence-electron chi connectivity index (χ2n) is 5.84. The highest BCUT2D eigenvalue weighted by Gasteiger charge is 2.23. The summed E-state index contributed by atoms with van der Waals surface area (Å²) >= 11 is 0. The number of aryl methyl sites for hydroxylation is 2. The molecule has 1 aromatic heterocycles. The van der Waals surface area contributed by atoms with Crippen LogP contribution in [0.1, 0.15) is 31.7 Å². The maximum absolute atomic E-state index is 11.3. The van der Waals surface area contributed by atoms with Crippen molar-refractivity contribution in [3.8, 4) is 0 Å². The molecule has 5 heteroatoms. The Kier molecular flexibility index (Phi) is 5.17. The molecule has 2 heterocycles. The zero-order chi connectivity index (χ0) is 14.5. The molecular formula is C15H26N4O. The van der Waals surface area contributed by atoms with E-state index in [0.29, 0.717) is 6.04 Å². The third kappa shape index (κ3) is 4.07. The van der Waals surface area contributed by atoms with Crippen molar-refractivity contribution in [3.63, 3.8) is 0 Å². The molecular weight excluding hydrogens is 252 g/mol. The largest absolute Gasteiger partial charge is 0.343 e. The molecule has 0 aromatic carbocycles. The van der Waals surface area contributed by atoms with Gasteiger partial charge >= 0.3 is 0 Å². The molecule has 1 aliphatic heterocycles. The topological polar surface area (TPSA) is 41.4 Å². The number of aromatic nitrogens is 2. The molecule has 0 spiro atoms. The van der Waals surface area contributed by atoms with E-state index in [4.69, 9.17) is 0 Å². The summed E-state index contributed by atoms with van der Waals surface area (Å²) in [7, 11) is 4.16. The molecule has 5 nitrogen and oxygen atoms in total. The van der Waals surface area contributed by atoms with Crippen LogP contribution in [-0.2, 0) is 18.3 Å². The Morgan fingerprint density at radius 2 is 2.15 bits per heavy atom. The van der Waals surface area contributed by atoms with Crippen LogP contribution >= 0.6 is 0 Å². The van der Waals surface area contributed by atoms with Crippen LogP contribution in [0.5, 0.6) is 0 Å². The van der Waals surface area contributed by atoms with Crippen molar-refractivity contribution in [3.05, 3.63) is 18.0 Å². The zero-order valence-corrected chi connectivity index (χ0v) is 12.9. The Hall–Kier alpha value is -1.36. The van der Waals surface area contributed by atoms with E-state index in [9.17, 15) is 4.79 Å². The predicted molar refractivity (Wildman–Crippen MR) is 79.4 cm³/mol. The number of nitrogens with zero attached hydrogens (tertiary/aromatic N) is 4. The van der Waals surface area contributed by atoms with Crippen LogP contribution in [0.3, 0.4) is 0 Å². The van der Waals surface area contributed by atoms with Gasteiger partial charge in [-0.3, -0.25) is 9.48 Å². The number of carbonyl (C=O) groups excluding carboxylic acids is 1. The average molecular weight is 278 g/mol. The molecule has 1 fully saturated rings. The fourth-order valence-corrected chi connectivity index (χ4v) is 2.94. The molecule has 0 unspecified atom stereocenters. The lowest BCUT2D eigenvalue weighted by molar-refractivity contribution is -0.130. The maximum Gasteiger partial charge on any atom is 0.219 e. The van der Waals surface area contributed by atoms with Gasteiger partial charge in [0, 0.05) is 39.3 Å². The van der Waals surface area contributed by atoms with Crippen molar-refractivity contribution < 1.29 is 4.79 Å². The van der Waals surface area contributed by atoms with E-state index in [1.807, 2.05) is 22.8 Å². The maximum atomic E-state index is 11.3. The number of carbonyl (C=O) groups is 1. The summed E-state index contributed by atoms with van der Waals surface area (Å²) in [6.07, 6.45) is 8.49. The second-order valence-corrected chi connectivity index (χ2v) is 5.84. The fourth-order valence-electron chi connectivity index (χ4n) is 2.94. The highest BCUT2D eigenvalue weighted by atomic mass is 16.2. The Morgan fingerprint density at radius 3 is 2.70 bits per heavy atom. The van der Waals surface area contributed by atoms with E-state index in [1.54, 1.807) is 6.92 Å². The van der Waals surface area contributed by atoms with Crippen molar-refractivity contribution in [1.29, 1.82) is 0 Å². The van der Waals surface area contributed by atoms with Gasteiger partial charge in [-0.15, -0.1) is 0 Å². The van der Waals surface area contributed by atoms with Gasteiger partial charge < -0.3 is 9.80 Å². The third-order valence-electron chi connectivity index (χ3n) is 4.27. The molecule has 112 valence electrons. The van der Waals surface area contributed by atoms with Crippen LogP contribution in [0.25, 0.3) is 0 Å². The molecule has 0 bridgehead atoms. The van der Waals surface area contributed by atoms with Crippen molar-refractivity contribution in [2.75, 3.05) is 26.7 Å². The minimum absolute atomic E-state index is 0.211. The van der Waals surface area contributed by atoms with Gasteiger partial charge in [0.05, 0.1) is 6.20 Å². The average Bonchev–Trinajstić information content (AvgIpc) is 2.84. The number of amides is 1. The van der Waals surface area contributed by atoms with E-state index >= 15 is 0 Å². The molecule has 0 aliphatic carbocycles. The summed E-state index contributed by atoms with van der Waals surface area (Å²) in [6.45, 7) is 4.59. The van der Waals surface area contributed by atoms with Crippen LogP contribution in [0.2, 0.25) is 0 Å². The normalized spacial score (nSPS) is 16.9. The first-order valence-corrected chi connectivity index (χ1v) is 7.49. The second kappa shape index (κ2) is 6.88. The first kappa shape index (κ1) is 15.0. The summed E-state index contributed by atoms with van der Waals surface area (Å²) in [4.78, 5) is 15.7. The van der Waals surface area contributed by atoms with Crippen molar-refractivity contribution in [2.45, 2.75) is 38.6 Å². The molecule has 0 saturated carbocycles. The molecule has 1 saturated heterocycles. The smallest absolute Gasteiger partial charge is 0.219 e. The lowest BCUT2D eigenvalue weighted by atomic mass is 10.0. The summed E-state index contributed by atoms with van der Waals surface area (Å²) in [5.74, 6) is 0.211. The quantitative estimate of drug-likeness (QED) is 0.815. The number of likely N-dealkylation sites (tertiary alicyclic amines) is 1. The van der Waals surface area contributed by atoms with Crippen molar-refractivity contribution in [1.82, 2.24) is 19.6 Å². The van der Waals surface area contributed by atoms with Crippen LogP contribution in [0.15, 0.2) is 12.4 Å². The van der Waals surface area contributed by atoms with E-state index in [1.165, 1.54) is 5.56 Å². The molecule has 0 radical (unpaired) electrons. The van der Waals surface area contributed by atoms with Gasteiger partial charge in [-0.25, -0.2) is 0 Å². The van der Waals surface area contributed by atoms with E-state index in [0.717, 1.165) is 45.3 Å². The highest BCUT2D eigenvalue weighted by Crippen LogP contribution is 2.16. The standard InChI is InChI=1S/C15H26N4O/c1-13(20)19-9-6-15(7-10-19)17(2)8-4-5-14-11-16-18(3)12-14/h11-12,15H,4-10H2,1-3H3. The van der Waals surface area contributed by atoms with Gasteiger partial charge in [0.15, 0.2) is 0 Å². The molecule has 0 N–H and O–H groups in total. The lowest BCUT2D eigenvalue weighted by Crippen LogP contribution is -2.45. The van der Waals surface area contributed by atoms with Gasteiger partial charge in [-0.2, -0.15) is 5.10 Å². The first-order valence-electron chi connectivity index (χ1n) is 7.49. The fraction of sp³-hybridized carbons (Fsp3) is 0.733. The Balaban J connectivity index is 1.67. The van der Waals surface area contributed by atoms with Gasteiger partial charge in [0.2, 0.25) is 5.91 Å². The summed E-state index contributed by atoms with van der Waals surface area (Å²) < 4.78 is 1.86. The first-order chi connectivity index (χ1) is 9.56. The Morgan fingerprint density at radius 1 is 1.45 bits per heavy atom. The SMILES string of the molecule is CC(=O)N1CCC(N(C)CCCc2cnn(C)c2)CC1. The van der Waals surface area contributed by atoms with Crippen LogP contribution < -0.4 is 0 Å². The van der Waals surface area contributed by atoms with E-state index in [-0.39, 0.29) is 5.91 Å². The monoisotopic (exact) mass is 278 g/mol. The number of hydrogen-bond acceptors (Lipinski definition) is 3. The molecule has 2 rings (SSSR count). The molecule has 0 atom stereocenters. The Labute approximate surface area is 121 Å². The van der Waals surface area contributed by atoms with Crippen LogP contribution in [0, 0.1) is 0 Å². The van der Waals surface area contributed by atoms with Crippen molar-refractivity contribution in [2.24, 2.45) is 7.05 Å².